The lowest BCUT2D eigenvalue weighted by atomic mass is 9.95. The molecule has 4 nitrogen and oxygen atoms in total. The number of rotatable bonds is 3. The van der Waals surface area contributed by atoms with Crippen molar-refractivity contribution in [3.8, 4) is 5.75 Å². The third-order valence-corrected chi connectivity index (χ3v) is 3.18. The van der Waals surface area contributed by atoms with Crippen LogP contribution in [0.5, 0.6) is 5.75 Å². The Balaban J connectivity index is 1.95. The minimum atomic E-state index is -0.352. The maximum absolute atomic E-state index is 11.3. The highest BCUT2D eigenvalue weighted by atomic mass is 16.5. The van der Waals surface area contributed by atoms with Crippen molar-refractivity contribution in [3.05, 3.63) is 29.8 Å². The van der Waals surface area contributed by atoms with Crippen molar-refractivity contribution in [3.63, 3.8) is 0 Å². The first kappa shape index (κ1) is 12.9. The Kier molecular flexibility index (Phi) is 4.20. The Morgan fingerprint density at radius 3 is 2.61 bits per heavy atom. The normalized spacial score (nSPS) is 23.4. The average molecular weight is 250 g/mol. The number of methoxy groups -OCH3 is 1. The molecule has 4 heteroatoms. The smallest absolute Gasteiger partial charge is 0.337 e. The van der Waals surface area contributed by atoms with Crippen LogP contribution in [0.3, 0.4) is 0 Å². The fourth-order valence-corrected chi connectivity index (χ4v) is 2.21. The first-order valence-electron chi connectivity index (χ1n) is 6.22. The average Bonchev–Trinajstić information content (AvgIpc) is 2.39. The van der Waals surface area contributed by atoms with Crippen LogP contribution in [0.2, 0.25) is 0 Å². The van der Waals surface area contributed by atoms with Gasteiger partial charge in [-0.2, -0.15) is 0 Å². The largest absolute Gasteiger partial charge is 0.490 e. The molecule has 1 aliphatic rings. The van der Waals surface area contributed by atoms with Crippen molar-refractivity contribution >= 4 is 5.97 Å². The summed E-state index contributed by atoms with van der Waals surface area (Å²) in [5.41, 5.74) is 0.508. The van der Waals surface area contributed by atoms with Crippen LogP contribution in [-0.2, 0) is 4.74 Å². The summed E-state index contributed by atoms with van der Waals surface area (Å²) >= 11 is 0. The fraction of sp³-hybridized carbons (Fsp3) is 0.500. The molecular weight excluding hydrogens is 232 g/mol. The first-order valence-corrected chi connectivity index (χ1v) is 6.22. The van der Waals surface area contributed by atoms with Gasteiger partial charge in [-0.15, -0.1) is 0 Å². The van der Waals surface area contributed by atoms with E-state index in [4.69, 9.17) is 4.74 Å². The van der Waals surface area contributed by atoms with E-state index in [9.17, 15) is 9.90 Å². The predicted octanol–water partition coefficient (Wildman–Crippen LogP) is 2.16. The van der Waals surface area contributed by atoms with Crippen LogP contribution in [0.25, 0.3) is 0 Å². The van der Waals surface area contributed by atoms with Gasteiger partial charge in [-0.05, 0) is 43.5 Å². The molecule has 2 rings (SSSR count). The van der Waals surface area contributed by atoms with Crippen LogP contribution in [0.4, 0.5) is 0 Å². The Bertz CT molecular complexity index is 399. The number of ether oxygens (including phenoxy) is 2. The molecule has 2 unspecified atom stereocenters. The van der Waals surface area contributed by atoms with E-state index >= 15 is 0 Å². The monoisotopic (exact) mass is 250 g/mol. The van der Waals surface area contributed by atoms with Gasteiger partial charge in [-0.25, -0.2) is 4.79 Å². The SMILES string of the molecule is COC(=O)c1ccc(OC2CCCC(O)C2)cc1. The molecule has 18 heavy (non-hydrogen) atoms. The van der Waals surface area contributed by atoms with Gasteiger partial charge < -0.3 is 14.6 Å². The molecule has 1 aliphatic carbocycles. The predicted molar refractivity (Wildman–Crippen MR) is 66.7 cm³/mol. The van der Waals surface area contributed by atoms with E-state index in [0.717, 1.165) is 25.0 Å². The lowest BCUT2D eigenvalue weighted by Gasteiger charge is -2.26. The van der Waals surface area contributed by atoms with Crippen LogP contribution in [0.1, 0.15) is 36.0 Å². The second-order valence-electron chi connectivity index (χ2n) is 4.58. The van der Waals surface area contributed by atoms with Crippen LogP contribution in [0.15, 0.2) is 24.3 Å². The maximum atomic E-state index is 11.3. The molecule has 1 saturated carbocycles. The molecule has 0 amide bonds. The van der Waals surface area contributed by atoms with Crippen molar-refractivity contribution in [2.45, 2.75) is 37.9 Å². The molecule has 0 saturated heterocycles. The number of aliphatic hydroxyl groups excluding tert-OH is 1. The second kappa shape index (κ2) is 5.87. The standard InChI is InChI=1S/C14H18O4/c1-17-14(16)10-5-7-12(8-6-10)18-13-4-2-3-11(15)9-13/h5-8,11,13,15H,2-4,9H2,1H3. The fourth-order valence-electron chi connectivity index (χ4n) is 2.21. The summed E-state index contributed by atoms with van der Waals surface area (Å²) in [6.07, 6.45) is 3.32. The van der Waals surface area contributed by atoms with E-state index in [1.165, 1.54) is 7.11 Å². The van der Waals surface area contributed by atoms with Crippen LogP contribution in [-0.4, -0.2) is 30.4 Å². The molecular formula is C14H18O4. The molecule has 0 bridgehead atoms. The third-order valence-electron chi connectivity index (χ3n) is 3.18. The molecule has 1 aromatic rings. The van der Waals surface area contributed by atoms with E-state index in [0.29, 0.717) is 12.0 Å². The summed E-state index contributed by atoms with van der Waals surface area (Å²) in [7, 11) is 1.36. The molecule has 0 aromatic heterocycles. The molecule has 1 aromatic carbocycles. The van der Waals surface area contributed by atoms with Crippen molar-refractivity contribution in [1.29, 1.82) is 0 Å². The van der Waals surface area contributed by atoms with Crippen molar-refractivity contribution in [2.24, 2.45) is 0 Å². The van der Waals surface area contributed by atoms with Crippen LogP contribution in [0, 0.1) is 0 Å². The third kappa shape index (κ3) is 3.23. The molecule has 1 N–H and O–H groups in total. The van der Waals surface area contributed by atoms with E-state index in [2.05, 4.69) is 4.74 Å². The van der Waals surface area contributed by atoms with Crippen molar-refractivity contribution < 1.29 is 19.4 Å². The van der Waals surface area contributed by atoms with Crippen LogP contribution >= 0.6 is 0 Å². The lowest BCUT2D eigenvalue weighted by molar-refractivity contribution is 0.0536. The second-order valence-corrected chi connectivity index (χ2v) is 4.58. The number of carbonyl (C=O) groups excluding carboxylic acids is 1. The Morgan fingerprint density at radius 1 is 1.28 bits per heavy atom. The van der Waals surface area contributed by atoms with Gasteiger partial charge >= 0.3 is 5.97 Å². The summed E-state index contributed by atoms with van der Waals surface area (Å²) in [5.74, 6) is 0.372. The molecule has 2 atom stereocenters. The number of hydrogen-bond donors (Lipinski definition) is 1. The molecule has 0 heterocycles. The van der Waals surface area contributed by atoms with Crippen LogP contribution < -0.4 is 4.74 Å². The summed E-state index contributed by atoms with van der Waals surface area (Å²) < 4.78 is 10.4. The van der Waals surface area contributed by atoms with Gasteiger partial charge in [-0.1, -0.05) is 0 Å². The highest BCUT2D eigenvalue weighted by Gasteiger charge is 2.21. The number of benzene rings is 1. The Hall–Kier alpha value is -1.55. The minimum absolute atomic E-state index is 0.0673. The van der Waals surface area contributed by atoms with Gasteiger partial charge in [0.15, 0.2) is 0 Å². The molecule has 98 valence electrons. The molecule has 1 fully saturated rings. The maximum Gasteiger partial charge on any atom is 0.337 e. The molecule has 0 spiro atoms. The highest BCUT2D eigenvalue weighted by Crippen LogP contribution is 2.24. The number of carbonyl (C=O) groups is 1. The summed E-state index contributed by atoms with van der Waals surface area (Å²) in [4.78, 5) is 11.3. The van der Waals surface area contributed by atoms with Gasteiger partial charge in [0.2, 0.25) is 0 Å². The zero-order valence-corrected chi connectivity index (χ0v) is 10.5. The van der Waals surface area contributed by atoms with E-state index in [-0.39, 0.29) is 18.2 Å². The van der Waals surface area contributed by atoms with Crippen molar-refractivity contribution in [2.75, 3.05) is 7.11 Å². The van der Waals surface area contributed by atoms with Gasteiger partial charge in [0.05, 0.1) is 18.8 Å². The lowest BCUT2D eigenvalue weighted by Crippen LogP contribution is -2.28. The number of aliphatic hydroxyl groups is 1. The van der Waals surface area contributed by atoms with E-state index < -0.39 is 0 Å². The van der Waals surface area contributed by atoms with E-state index in [1.54, 1.807) is 24.3 Å². The Morgan fingerprint density at radius 2 is 2.00 bits per heavy atom. The first-order chi connectivity index (χ1) is 8.69. The van der Waals surface area contributed by atoms with Gasteiger partial charge in [0.25, 0.3) is 0 Å². The summed E-state index contributed by atoms with van der Waals surface area (Å²) in [6, 6.07) is 6.88. The number of hydrogen-bond acceptors (Lipinski definition) is 4. The topological polar surface area (TPSA) is 55.8 Å². The van der Waals surface area contributed by atoms with Crippen molar-refractivity contribution in [1.82, 2.24) is 0 Å². The Labute approximate surface area is 107 Å². The van der Waals surface area contributed by atoms with Gasteiger partial charge in [0, 0.05) is 6.42 Å². The number of esters is 1. The highest BCUT2D eigenvalue weighted by molar-refractivity contribution is 5.89. The zero-order chi connectivity index (χ0) is 13.0. The summed E-state index contributed by atoms with van der Waals surface area (Å²) in [6.45, 7) is 0. The summed E-state index contributed by atoms with van der Waals surface area (Å²) in [5, 5.41) is 9.57. The molecule has 0 radical (unpaired) electrons. The minimum Gasteiger partial charge on any atom is -0.490 e. The molecule has 0 aliphatic heterocycles. The van der Waals surface area contributed by atoms with E-state index in [1.807, 2.05) is 0 Å². The van der Waals surface area contributed by atoms with Gasteiger partial charge in [0.1, 0.15) is 11.9 Å². The van der Waals surface area contributed by atoms with Gasteiger partial charge in [-0.3, -0.25) is 0 Å². The quantitative estimate of drug-likeness (QED) is 0.835. The zero-order valence-electron chi connectivity index (χ0n) is 10.5.